The maximum atomic E-state index is 5.51. The maximum absolute atomic E-state index is 5.51. The fraction of sp³-hybridized carbons (Fsp3) is 0.524. The molecule has 2 rings (SSSR count). The van der Waals surface area contributed by atoms with Crippen molar-refractivity contribution >= 4 is 5.96 Å². The Morgan fingerprint density at radius 3 is 2.48 bits per heavy atom. The molecule has 27 heavy (non-hydrogen) atoms. The van der Waals surface area contributed by atoms with Gasteiger partial charge in [-0.25, -0.2) is 0 Å². The number of benzene rings is 1. The summed E-state index contributed by atoms with van der Waals surface area (Å²) in [5, 5.41) is 7.87. The molecule has 1 heterocycles. The zero-order valence-electron chi connectivity index (χ0n) is 17.5. The standard InChI is InChI=1S/C21H33N5O/c1-7-22-21(23-14-13-20-16(3)24-26(6)17(20)4)25(5)15-18-9-11-19(12-10-18)27-8-2/h9-12H,7-8,13-15H2,1-6H3,(H,22,23). The second-order valence-corrected chi connectivity index (χ2v) is 6.69. The van der Waals surface area contributed by atoms with E-state index in [1.54, 1.807) is 0 Å². The first kappa shape index (κ1) is 20.8. The molecule has 0 radical (unpaired) electrons. The third kappa shape index (κ3) is 5.74. The molecule has 0 aliphatic heterocycles. The Morgan fingerprint density at radius 2 is 1.93 bits per heavy atom. The molecular formula is C21H33N5O. The fourth-order valence-corrected chi connectivity index (χ4v) is 3.13. The number of guanidine groups is 1. The van der Waals surface area contributed by atoms with E-state index in [4.69, 9.17) is 9.73 Å². The van der Waals surface area contributed by atoms with Crippen molar-refractivity contribution in [3.8, 4) is 5.75 Å². The first-order chi connectivity index (χ1) is 13.0. The lowest BCUT2D eigenvalue weighted by molar-refractivity contribution is 0.340. The molecule has 0 spiro atoms. The summed E-state index contributed by atoms with van der Waals surface area (Å²) in [5.41, 5.74) is 4.84. The highest BCUT2D eigenvalue weighted by Gasteiger charge is 2.10. The third-order valence-corrected chi connectivity index (χ3v) is 4.63. The van der Waals surface area contributed by atoms with Gasteiger partial charge in [0.15, 0.2) is 5.96 Å². The van der Waals surface area contributed by atoms with Crippen LogP contribution in [0.5, 0.6) is 5.75 Å². The van der Waals surface area contributed by atoms with E-state index in [1.165, 1.54) is 16.8 Å². The molecule has 1 aromatic heterocycles. The van der Waals surface area contributed by atoms with Gasteiger partial charge in [0.25, 0.3) is 0 Å². The van der Waals surface area contributed by atoms with E-state index >= 15 is 0 Å². The van der Waals surface area contributed by atoms with E-state index in [-0.39, 0.29) is 0 Å². The highest BCUT2D eigenvalue weighted by Crippen LogP contribution is 2.14. The second kappa shape index (κ2) is 10.00. The van der Waals surface area contributed by atoms with Crippen molar-refractivity contribution in [1.29, 1.82) is 0 Å². The van der Waals surface area contributed by atoms with Crippen molar-refractivity contribution < 1.29 is 4.74 Å². The Balaban J connectivity index is 2.00. The molecule has 0 amide bonds. The minimum Gasteiger partial charge on any atom is -0.494 e. The fourth-order valence-electron chi connectivity index (χ4n) is 3.13. The second-order valence-electron chi connectivity index (χ2n) is 6.69. The number of aryl methyl sites for hydroxylation is 2. The number of aliphatic imine (C=N–C) groups is 1. The molecule has 0 aliphatic rings. The largest absolute Gasteiger partial charge is 0.494 e. The van der Waals surface area contributed by atoms with Gasteiger partial charge in [-0.05, 0) is 57.4 Å². The molecule has 0 bridgehead atoms. The molecular weight excluding hydrogens is 338 g/mol. The minimum atomic E-state index is 0.687. The van der Waals surface area contributed by atoms with Crippen LogP contribution >= 0.6 is 0 Å². The van der Waals surface area contributed by atoms with E-state index in [1.807, 2.05) is 30.8 Å². The van der Waals surface area contributed by atoms with E-state index < -0.39 is 0 Å². The smallest absolute Gasteiger partial charge is 0.193 e. The summed E-state index contributed by atoms with van der Waals surface area (Å²) in [6.45, 7) is 11.3. The molecule has 0 unspecified atom stereocenters. The Hall–Kier alpha value is -2.50. The quantitative estimate of drug-likeness (QED) is 0.572. The number of nitrogens with zero attached hydrogens (tertiary/aromatic N) is 4. The normalized spacial score (nSPS) is 11.6. The number of hydrogen-bond donors (Lipinski definition) is 1. The van der Waals surface area contributed by atoms with Gasteiger partial charge in [0.2, 0.25) is 0 Å². The van der Waals surface area contributed by atoms with Crippen LogP contribution in [0.3, 0.4) is 0 Å². The SMILES string of the molecule is CCNC(=NCCc1c(C)nn(C)c1C)N(C)Cc1ccc(OCC)cc1. The van der Waals surface area contributed by atoms with Gasteiger partial charge in [0.1, 0.15) is 5.75 Å². The molecule has 6 nitrogen and oxygen atoms in total. The third-order valence-electron chi connectivity index (χ3n) is 4.63. The summed E-state index contributed by atoms with van der Waals surface area (Å²) in [6.07, 6.45) is 0.900. The highest BCUT2D eigenvalue weighted by molar-refractivity contribution is 5.79. The zero-order valence-corrected chi connectivity index (χ0v) is 17.5. The molecule has 0 aliphatic carbocycles. The van der Waals surface area contributed by atoms with Gasteiger partial charge >= 0.3 is 0 Å². The van der Waals surface area contributed by atoms with E-state index in [9.17, 15) is 0 Å². The lowest BCUT2D eigenvalue weighted by atomic mass is 10.1. The van der Waals surface area contributed by atoms with Crippen molar-refractivity contribution in [1.82, 2.24) is 20.0 Å². The average Bonchev–Trinajstić information content (AvgIpc) is 2.88. The number of aromatic nitrogens is 2. The number of ether oxygens (including phenoxy) is 1. The first-order valence-corrected chi connectivity index (χ1v) is 9.66. The van der Waals surface area contributed by atoms with Gasteiger partial charge in [-0.2, -0.15) is 5.10 Å². The first-order valence-electron chi connectivity index (χ1n) is 9.66. The van der Waals surface area contributed by atoms with Crippen LogP contribution in [0.25, 0.3) is 0 Å². The van der Waals surface area contributed by atoms with E-state index in [0.717, 1.165) is 43.5 Å². The van der Waals surface area contributed by atoms with Gasteiger partial charge in [0.05, 0.1) is 12.3 Å². The van der Waals surface area contributed by atoms with Gasteiger partial charge < -0.3 is 15.0 Å². The minimum absolute atomic E-state index is 0.687. The van der Waals surface area contributed by atoms with Crippen LogP contribution in [0, 0.1) is 13.8 Å². The molecule has 0 atom stereocenters. The Kier molecular flexibility index (Phi) is 7.70. The van der Waals surface area contributed by atoms with Crippen LogP contribution in [-0.2, 0) is 20.0 Å². The monoisotopic (exact) mass is 371 g/mol. The molecule has 148 valence electrons. The van der Waals surface area contributed by atoms with Crippen LogP contribution in [0.15, 0.2) is 29.3 Å². The summed E-state index contributed by atoms with van der Waals surface area (Å²) < 4.78 is 7.45. The van der Waals surface area contributed by atoms with Crippen molar-refractivity contribution in [2.24, 2.45) is 12.0 Å². The Bertz CT molecular complexity index is 749. The molecule has 0 saturated carbocycles. The van der Waals surface area contributed by atoms with Crippen LogP contribution < -0.4 is 10.1 Å². The van der Waals surface area contributed by atoms with Crippen molar-refractivity contribution in [2.75, 3.05) is 26.7 Å². The van der Waals surface area contributed by atoms with E-state index in [0.29, 0.717) is 6.61 Å². The lowest BCUT2D eigenvalue weighted by Gasteiger charge is -2.22. The number of hydrogen-bond acceptors (Lipinski definition) is 3. The highest BCUT2D eigenvalue weighted by atomic mass is 16.5. The van der Waals surface area contributed by atoms with Gasteiger partial charge in [0, 0.05) is 39.4 Å². The predicted molar refractivity (Wildman–Crippen MR) is 111 cm³/mol. The molecule has 2 aromatic rings. The summed E-state index contributed by atoms with van der Waals surface area (Å²) in [7, 11) is 4.06. The van der Waals surface area contributed by atoms with Crippen LogP contribution in [0.2, 0.25) is 0 Å². The van der Waals surface area contributed by atoms with Gasteiger partial charge in [-0.3, -0.25) is 9.67 Å². The molecule has 6 heteroatoms. The van der Waals surface area contributed by atoms with Crippen LogP contribution in [0.4, 0.5) is 0 Å². The summed E-state index contributed by atoms with van der Waals surface area (Å²) in [6, 6.07) is 8.25. The average molecular weight is 372 g/mol. The summed E-state index contributed by atoms with van der Waals surface area (Å²) in [5.74, 6) is 1.83. The van der Waals surface area contributed by atoms with Crippen LogP contribution in [0.1, 0.15) is 36.4 Å². The zero-order chi connectivity index (χ0) is 19.8. The van der Waals surface area contributed by atoms with Crippen molar-refractivity contribution in [3.63, 3.8) is 0 Å². The van der Waals surface area contributed by atoms with Crippen molar-refractivity contribution in [2.45, 2.75) is 40.7 Å². The Labute approximate surface area is 163 Å². The van der Waals surface area contributed by atoms with Gasteiger partial charge in [-0.15, -0.1) is 0 Å². The molecule has 0 fully saturated rings. The maximum Gasteiger partial charge on any atom is 0.193 e. The molecule has 1 aromatic carbocycles. The Morgan fingerprint density at radius 1 is 1.22 bits per heavy atom. The van der Waals surface area contributed by atoms with Crippen molar-refractivity contribution in [3.05, 3.63) is 46.8 Å². The van der Waals surface area contributed by atoms with E-state index in [2.05, 4.69) is 55.3 Å². The van der Waals surface area contributed by atoms with Crippen LogP contribution in [-0.4, -0.2) is 47.4 Å². The predicted octanol–water partition coefficient (Wildman–Crippen LogP) is 3.08. The summed E-state index contributed by atoms with van der Waals surface area (Å²) in [4.78, 5) is 6.97. The summed E-state index contributed by atoms with van der Waals surface area (Å²) >= 11 is 0. The molecule has 1 N–H and O–H groups in total. The van der Waals surface area contributed by atoms with Gasteiger partial charge in [-0.1, -0.05) is 12.1 Å². The topological polar surface area (TPSA) is 54.7 Å². The number of nitrogens with one attached hydrogen (secondary N) is 1. The number of rotatable bonds is 8. The molecule has 0 saturated heterocycles. The lowest BCUT2D eigenvalue weighted by Crippen LogP contribution is -2.38.